The molecule has 0 saturated carbocycles. The Kier molecular flexibility index (Phi) is 4.90. The summed E-state index contributed by atoms with van der Waals surface area (Å²) in [5, 5.41) is 3.57. The van der Waals surface area contributed by atoms with Crippen molar-refractivity contribution in [3.05, 3.63) is 22.7 Å². The maximum absolute atomic E-state index is 12.7. The molecule has 1 heterocycles. The molecular formula is C13H19ClN2O3S. The lowest BCUT2D eigenvalue weighted by Crippen LogP contribution is -2.46. The molecule has 0 radical (unpaired) electrons. The van der Waals surface area contributed by atoms with Crippen molar-refractivity contribution in [2.75, 3.05) is 32.8 Å². The number of nitrogens with zero attached hydrogens (tertiary/aromatic N) is 1. The third-order valence-electron chi connectivity index (χ3n) is 3.22. The summed E-state index contributed by atoms with van der Waals surface area (Å²) in [7, 11) is -3.57. The van der Waals surface area contributed by atoms with Gasteiger partial charge >= 0.3 is 0 Å². The van der Waals surface area contributed by atoms with Crippen LogP contribution in [0.5, 0.6) is 5.75 Å². The molecule has 1 aromatic carbocycles. The highest BCUT2D eigenvalue weighted by Gasteiger charge is 2.29. The summed E-state index contributed by atoms with van der Waals surface area (Å²) >= 11 is 6.08. The zero-order valence-corrected chi connectivity index (χ0v) is 13.2. The van der Waals surface area contributed by atoms with Gasteiger partial charge in [0.05, 0.1) is 6.61 Å². The lowest BCUT2D eigenvalue weighted by atomic mass is 10.2. The van der Waals surface area contributed by atoms with Crippen molar-refractivity contribution in [1.29, 1.82) is 0 Å². The van der Waals surface area contributed by atoms with Crippen LogP contribution in [-0.4, -0.2) is 45.5 Å². The number of hydrogen-bond acceptors (Lipinski definition) is 4. The molecule has 0 unspecified atom stereocenters. The molecule has 20 heavy (non-hydrogen) atoms. The van der Waals surface area contributed by atoms with Crippen LogP contribution in [0, 0.1) is 6.92 Å². The van der Waals surface area contributed by atoms with Gasteiger partial charge in [0, 0.05) is 31.2 Å². The van der Waals surface area contributed by atoms with E-state index in [0.29, 0.717) is 43.6 Å². The fourth-order valence-corrected chi connectivity index (χ4v) is 3.94. The van der Waals surface area contributed by atoms with Crippen molar-refractivity contribution in [3.63, 3.8) is 0 Å². The lowest BCUT2D eigenvalue weighted by molar-refractivity contribution is 0.325. The van der Waals surface area contributed by atoms with Gasteiger partial charge in [-0.15, -0.1) is 0 Å². The number of aryl methyl sites for hydroxylation is 1. The topological polar surface area (TPSA) is 58.6 Å². The average Bonchev–Trinajstić information content (AvgIpc) is 2.43. The highest BCUT2D eigenvalue weighted by molar-refractivity contribution is 7.89. The largest absolute Gasteiger partial charge is 0.492 e. The summed E-state index contributed by atoms with van der Waals surface area (Å²) in [5.74, 6) is 0.368. The number of ether oxygens (including phenoxy) is 1. The third kappa shape index (κ3) is 3.09. The number of hydrogen-bond donors (Lipinski definition) is 1. The Morgan fingerprint density at radius 3 is 2.60 bits per heavy atom. The van der Waals surface area contributed by atoms with Crippen LogP contribution in [0.25, 0.3) is 0 Å². The summed E-state index contributed by atoms with van der Waals surface area (Å²) < 4.78 is 32.3. The van der Waals surface area contributed by atoms with Gasteiger partial charge in [0.25, 0.3) is 0 Å². The third-order valence-corrected chi connectivity index (χ3v) is 5.55. The van der Waals surface area contributed by atoms with Gasteiger partial charge in [-0.25, -0.2) is 8.42 Å². The van der Waals surface area contributed by atoms with E-state index in [4.69, 9.17) is 16.3 Å². The minimum Gasteiger partial charge on any atom is -0.492 e. The predicted octanol–water partition coefficient (Wildman–Crippen LogP) is 1.64. The number of sulfonamides is 1. The van der Waals surface area contributed by atoms with Crippen LogP contribution < -0.4 is 10.1 Å². The monoisotopic (exact) mass is 318 g/mol. The molecule has 7 heteroatoms. The number of halogens is 1. The van der Waals surface area contributed by atoms with E-state index in [-0.39, 0.29) is 4.90 Å². The minimum atomic E-state index is -3.57. The maximum atomic E-state index is 12.7. The molecule has 0 atom stereocenters. The van der Waals surface area contributed by atoms with Crippen LogP contribution >= 0.6 is 11.6 Å². The first-order valence-electron chi connectivity index (χ1n) is 6.60. The Bertz CT molecular complexity index is 584. The fraction of sp³-hybridized carbons (Fsp3) is 0.538. The minimum absolute atomic E-state index is 0.150. The van der Waals surface area contributed by atoms with E-state index in [1.165, 1.54) is 10.4 Å². The number of benzene rings is 1. The number of piperazine rings is 1. The number of nitrogens with one attached hydrogen (secondary N) is 1. The second-order valence-corrected chi connectivity index (χ2v) is 6.95. The number of rotatable bonds is 4. The quantitative estimate of drug-likeness (QED) is 0.917. The van der Waals surface area contributed by atoms with E-state index in [1.54, 1.807) is 6.07 Å². The Morgan fingerprint density at radius 2 is 2.00 bits per heavy atom. The zero-order valence-electron chi connectivity index (χ0n) is 11.6. The predicted molar refractivity (Wildman–Crippen MR) is 79.0 cm³/mol. The second kappa shape index (κ2) is 6.30. The highest BCUT2D eigenvalue weighted by atomic mass is 35.5. The molecule has 1 saturated heterocycles. The van der Waals surface area contributed by atoms with Crippen molar-refractivity contribution in [2.45, 2.75) is 18.7 Å². The molecular weight excluding hydrogens is 300 g/mol. The van der Waals surface area contributed by atoms with Gasteiger partial charge in [0.1, 0.15) is 10.6 Å². The second-order valence-electron chi connectivity index (χ2n) is 4.64. The highest BCUT2D eigenvalue weighted by Crippen LogP contribution is 2.32. The first kappa shape index (κ1) is 15.6. The SMILES string of the molecule is CCOc1cc(C)c(Cl)cc1S(=O)(=O)N1CCNCC1. The van der Waals surface area contributed by atoms with Gasteiger partial charge in [-0.3, -0.25) is 0 Å². The Labute approximate surface area is 124 Å². The molecule has 1 aliphatic heterocycles. The van der Waals surface area contributed by atoms with Gasteiger partial charge in [0.15, 0.2) is 0 Å². The van der Waals surface area contributed by atoms with E-state index in [0.717, 1.165) is 5.56 Å². The smallest absolute Gasteiger partial charge is 0.246 e. The van der Waals surface area contributed by atoms with Gasteiger partial charge in [-0.2, -0.15) is 4.31 Å². The van der Waals surface area contributed by atoms with Crippen LogP contribution in [0.3, 0.4) is 0 Å². The van der Waals surface area contributed by atoms with Crippen LogP contribution in [0.4, 0.5) is 0 Å². The molecule has 1 N–H and O–H groups in total. The van der Waals surface area contributed by atoms with Crippen molar-refractivity contribution in [2.24, 2.45) is 0 Å². The van der Waals surface area contributed by atoms with E-state index < -0.39 is 10.0 Å². The summed E-state index contributed by atoms with van der Waals surface area (Å²) in [6.45, 7) is 6.28. The van der Waals surface area contributed by atoms with Gasteiger partial charge in [0.2, 0.25) is 10.0 Å². The molecule has 1 aliphatic rings. The van der Waals surface area contributed by atoms with Crippen LogP contribution in [0.15, 0.2) is 17.0 Å². The average molecular weight is 319 g/mol. The van der Waals surface area contributed by atoms with E-state index in [1.807, 2.05) is 13.8 Å². The van der Waals surface area contributed by atoms with Crippen molar-refractivity contribution in [3.8, 4) is 5.75 Å². The maximum Gasteiger partial charge on any atom is 0.246 e. The van der Waals surface area contributed by atoms with Crippen LogP contribution in [0.2, 0.25) is 5.02 Å². The molecule has 0 amide bonds. The Morgan fingerprint density at radius 1 is 1.35 bits per heavy atom. The first-order valence-corrected chi connectivity index (χ1v) is 8.42. The first-order chi connectivity index (χ1) is 9.46. The molecule has 1 aromatic rings. The normalized spacial score (nSPS) is 17.1. The molecule has 0 aliphatic carbocycles. The fourth-order valence-electron chi connectivity index (χ4n) is 2.13. The van der Waals surface area contributed by atoms with Crippen molar-refractivity contribution < 1.29 is 13.2 Å². The van der Waals surface area contributed by atoms with E-state index in [2.05, 4.69) is 5.32 Å². The van der Waals surface area contributed by atoms with Crippen LogP contribution in [0.1, 0.15) is 12.5 Å². The lowest BCUT2D eigenvalue weighted by Gasteiger charge is -2.27. The zero-order chi connectivity index (χ0) is 14.8. The van der Waals surface area contributed by atoms with E-state index in [9.17, 15) is 8.42 Å². The molecule has 0 bridgehead atoms. The van der Waals surface area contributed by atoms with Gasteiger partial charge in [-0.1, -0.05) is 11.6 Å². The van der Waals surface area contributed by atoms with Gasteiger partial charge < -0.3 is 10.1 Å². The molecule has 0 spiro atoms. The van der Waals surface area contributed by atoms with E-state index >= 15 is 0 Å². The standard InChI is InChI=1S/C13H19ClN2O3S/c1-3-19-12-8-10(2)11(14)9-13(12)20(17,18)16-6-4-15-5-7-16/h8-9,15H,3-7H2,1-2H3. The Balaban J connectivity index is 2.46. The summed E-state index contributed by atoms with van der Waals surface area (Å²) in [5.41, 5.74) is 0.800. The molecule has 0 aromatic heterocycles. The molecule has 1 fully saturated rings. The summed E-state index contributed by atoms with van der Waals surface area (Å²) in [6.07, 6.45) is 0. The van der Waals surface area contributed by atoms with Crippen molar-refractivity contribution >= 4 is 21.6 Å². The Hall–Kier alpha value is -0.820. The molecule has 112 valence electrons. The molecule has 2 rings (SSSR count). The molecule has 5 nitrogen and oxygen atoms in total. The summed E-state index contributed by atoms with van der Waals surface area (Å²) in [6, 6.07) is 3.17. The van der Waals surface area contributed by atoms with Crippen LogP contribution in [-0.2, 0) is 10.0 Å². The summed E-state index contributed by atoms with van der Waals surface area (Å²) in [4.78, 5) is 0.150. The van der Waals surface area contributed by atoms with Gasteiger partial charge in [-0.05, 0) is 31.5 Å². The van der Waals surface area contributed by atoms with Crippen molar-refractivity contribution in [1.82, 2.24) is 9.62 Å².